The van der Waals surface area contributed by atoms with Gasteiger partial charge in [0.2, 0.25) is 0 Å². The van der Waals surface area contributed by atoms with Crippen LogP contribution in [0.25, 0.3) is 0 Å². The number of nitrogens with one attached hydrogen (secondary N) is 2. The van der Waals surface area contributed by atoms with Crippen molar-refractivity contribution in [2.45, 2.75) is 32.9 Å². The van der Waals surface area contributed by atoms with Crippen molar-refractivity contribution in [1.29, 1.82) is 0 Å². The Kier molecular flexibility index (Phi) is 3.66. The van der Waals surface area contributed by atoms with Gasteiger partial charge in [-0.15, -0.1) is 0 Å². The summed E-state index contributed by atoms with van der Waals surface area (Å²) >= 11 is 0. The molecule has 1 atom stereocenters. The molecular formula is C10H15N7O. The lowest BCUT2D eigenvalue weighted by molar-refractivity contribution is 0.0932. The van der Waals surface area contributed by atoms with Crippen LogP contribution in [0.15, 0.2) is 12.5 Å². The Bertz CT molecular complexity index is 504. The van der Waals surface area contributed by atoms with Gasteiger partial charge < -0.3 is 5.32 Å². The number of carbonyl (C=O) groups excluding carboxylic acids is 1. The molecule has 0 unspecified atom stereocenters. The maximum absolute atomic E-state index is 11.8. The molecule has 2 aromatic rings. The summed E-state index contributed by atoms with van der Waals surface area (Å²) in [5.74, 6) is 0.441. The van der Waals surface area contributed by atoms with E-state index in [1.54, 1.807) is 4.68 Å². The van der Waals surface area contributed by atoms with Crippen molar-refractivity contribution in [3.05, 3.63) is 24.0 Å². The fraction of sp³-hybridized carbons (Fsp3) is 0.500. The highest BCUT2D eigenvalue weighted by Gasteiger charge is 2.17. The van der Waals surface area contributed by atoms with E-state index < -0.39 is 0 Å². The van der Waals surface area contributed by atoms with Gasteiger partial charge in [0.15, 0.2) is 5.69 Å². The first-order valence-corrected chi connectivity index (χ1v) is 5.76. The van der Waals surface area contributed by atoms with Crippen LogP contribution in [0.2, 0.25) is 0 Å². The van der Waals surface area contributed by atoms with Gasteiger partial charge in [0.05, 0.1) is 12.2 Å². The van der Waals surface area contributed by atoms with E-state index in [1.807, 2.05) is 6.92 Å². The van der Waals surface area contributed by atoms with Gasteiger partial charge in [-0.1, -0.05) is 6.92 Å². The molecule has 2 heterocycles. The Balaban J connectivity index is 2.05. The standard InChI is InChI=1S/C10H15N7O/c1-3-4-17-9(11-6-13-17)7(2)14-10(18)8-5-12-16-15-8/h5-7H,3-4H2,1-2H3,(H,14,18)(H,12,15,16)/t7-/m0/s1. The first-order valence-electron chi connectivity index (χ1n) is 5.76. The SMILES string of the molecule is CCCn1ncnc1[C@H](C)NC(=O)c1cn[nH]n1. The van der Waals surface area contributed by atoms with Crippen LogP contribution in [0.1, 0.15) is 42.6 Å². The molecule has 2 N–H and O–H groups in total. The topological polar surface area (TPSA) is 101 Å². The molecule has 2 aromatic heterocycles. The van der Waals surface area contributed by atoms with Crippen LogP contribution in [0, 0.1) is 0 Å². The quantitative estimate of drug-likeness (QED) is 0.793. The summed E-state index contributed by atoms with van der Waals surface area (Å²) in [4.78, 5) is 16.0. The van der Waals surface area contributed by atoms with Crippen LogP contribution >= 0.6 is 0 Å². The van der Waals surface area contributed by atoms with Gasteiger partial charge in [0.1, 0.15) is 12.2 Å². The number of aryl methyl sites for hydroxylation is 1. The van der Waals surface area contributed by atoms with Crippen molar-refractivity contribution in [3.63, 3.8) is 0 Å². The molecule has 0 aromatic carbocycles. The number of rotatable bonds is 5. The van der Waals surface area contributed by atoms with E-state index in [2.05, 4.69) is 37.7 Å². The number of carbonyl (C=O) groups is 1. The average Bonchev–Trinajstić information content (AvgIpc) is 3.00. The van der Waals surface area contributed by atoms with Crippen LogP contribution in [0.4, 0.5) is 0 Å². The fourth-order valence-corrected chi connectivity index (χ4v) is 1.64. The normalized spacial score (nSPS) is 12.3. The smallest absolute Gasteiger partial charge is 0.274 e. The minimum absolute atomic E-state index is 0.233. The highest BCUT2D eigenvalue weighted by Crippen LogP contribution is 2.09. The maximum atomic E-state index is 11.8. The summed E-state index contributed by atoms with van der Waals surface area (Å²) in [7, 11) is 0. The first-order chi connectivity index (χ1) is 8.72. The van der Waals surface area contributed by atoms with Crippen molar-refractivity contribution >= 4 is 5.91 Å². The third-order valence-corrected chi connectivity index (χ3v) is 2.46. The van der Waals surface area contributed by atoms with Crippen molar-refractivity contribution < 1.29 is 4.79 Å². The number of nitrogens with zero attached hydrogens (tertiary/aromatic N) is 5. The van der Waals surface area contributed by atoms with Crippen LogP contribution in [-0.2, 0) is 6.54 Å². The number of aromatic amines is 1. The molecule has 18 heavy (non-hydrogen) atoms. The third kappa shape index (κ3) is 2.53. The maximum Gasteiger partial charge on any atom is 0.274 e. The summed E-state index contributed by atoms with van der Waals surface area (Å²) < 4.78 is 1.79. The number of aromatic nitrogens is 6. The second-order valence-corrected chi connectivity index (χ2v) is 3.89. The van der Waals surface area contributed by atoms with E-state index in [0.717, 1.165) is 18.8 Å². The second kappa shape index (κ2) is 5.39. The third-order valence-electron chi connectivity index (χ3n) is 2.46. The highest BCUT2D eigenvalue weighted by atomic mass is 16.2. The minimum atomic E-state index is -0.290. The molecule has 8 nitrogen and oxygen atoms in total. The second-order valence-electron chi connectivity index (χ2n) is 3.89. The van der Waals surface area contributed by atoms with Crippen LogP contribution in [0.3, 0.4) is 0 Å². The van der Waals surface area contributed by atoms with Gasteiger partial charge >= 0.3 is 0 Å². The van der Waals surface area contributed by atoms with E-state index in [1.165, 1.54) is 12.5 Å². The molecular weight excluding hydrogens is 234 g/mol. The molecule has 0 bridgehead atoms. The summed E-state index contributed by atoms with van der Waals surface area (Å²) in [5, 5.41) is 16.6. The van der Waals surface area contributed by atoms with Gasteiger partial charge in [-0.05, 0) is 13.3 Å². The highest BCUT2D eigenvalue weighted by molar-refractivity contribution is 5.91. The largest absolute Gasteiger partial charge is 0.341 e. The summed E-state index contributed by atoms with van der Waals surface area (Å²) in [6.45, 7) is 4.69. The number of amides is 1. The monoisotopic (exact) mass is 249 g/mol. The molecule has 0 fully saturated rings. The lowest BCUT2D eigenvalue weighted by Gasteiger charge is -2.13. The number of hydrogen-bond donors (Lipinski definition) is 2. The lowest BCUT2D eigenvalue weighted by Crippen LogP contribution is -2.29. The molecule has 0 aliphatic carbocycles. The molecule has 0 aliphatic rings. The fourth-order valence-electron chi connectivity index (χ4n) is 1.64. The van der Waals surface area contributed by atoms with Crippen LogP contribution in [0.5, 0.6) is 0 Å². The molecule has 0 spiro atoms. The van der Waals surface area contributed by atoms with E-state index in [0.29, 0.717) is 0 Å². The van der Waals surface area contributed by atoms with Gasteiger partial charge in [-0.25, -0.2) is 9.67 Å². The van der Waals surface area contributed by atoms with E-state index in [-0.39, 0.29) is 17.6 Å². The van der Waals surface area contributed by atoms with Gasteiger partial charge in [0, 0.05) is 6.54 Å². The van der Waals surface area contributed by atoms with Crippen molar-refractivity contribution in [2.24, 2.45) is 0 Å². The molecule has 0 radical (unpaired) electrons. The Morgan fingerprint density at radius 3 is 3.11 bits per heavy atom. The van der Waals surface area contributed by atoms with Crippen molar-refractivity contribution in [2.75, 3.05) is 0 Å². The van der Waals surface area contributed by atoms with Gasteiger partial charge in [0.25, 0.3) is 5.91 Å². The van der Waals surface area contributed by atoms with Gasteiger partial charge in [-0.3, -0.25) is 4.79 Å². The molecule has 2 rings (SSSR count). The average molecular weight is 249 g/mol. The Morgan fingerprint density at radius 1 is 1.61 bits per heavy atom. The minimum Gasteiger partial charge on any atom is -0.341 e. The summed E-state index contributed by atoms with van der Waals surface area (Å²) in [5.41, 5.74) is 0.253. The Morgan fingerprint density at radius 2 is 2.44 bits per heavy atom. The van der Waals surface area contributed by atoms with Crippen molar-refractivity contribution in [3.8, 4) is 0 Å². The predicted octanol–water partition coefficient (Wildman–Crippen LogP) is 0.297. The Labute approximate surface area is 104 Å². The van der Waals surface area contributed by atoms with Crippen LogP contribution in [-0.4, -0.2) is 36.1 Å². The molecule has 0 saturated carbocycles. The van der Waals surface area contributed by atoms with Crippen molar-refractivity contribution in [1.82, 2.24) is 35.5 Å². The summed E-state index contributed by atoms with van der Waals surface area (Å²) in [6, 6.07) is -0.233. The zero-order valence-electron chi connectivity index (χ0n) is 10.3. The molecule has 1 amide bonds. The summed E-state index contributed by atoms with van der Waals surface area (Å²) in [6.07, 6.45) is 3.82. The number of hydrogen-bond acceptors (Lipinski definition) is 5. The van der Waals surface area contributed by atoms with E-state index >= 15 is 0 Å². The zero-order chi connectivity index (χ0) is 13.0. The molecule has 8 heteroatoms. The first kappa shape index (κ1) is 12.2. The molecule has 0 aliphatic heterocycles. The van der Waals surface area contributed by atoms with Crippen LogP contribution < -0.4 is 5.32 Å². The predicted molar refractivity (Wildman–Crippen MR) is 62.6 cm³/mol. The van der Waals surface area contributed by atoms with E-state index in [9.17, 15) is 4.79 Å². The van der Waals surface area contributed by atoms with Gasteiger partial charge in [-0.2, -0.15) is 20.5 Å². The molecule has 96 valence electrons. The number of H-pyrrole nitrogens is 1. The molecule has 0 saturated heterocycles. The van der Waals surface area contributed by atoms with E-state index in [4.69, 9.17) is 0 Å². The lowest BCUT2D eigenvalue weighted by atomic mass is 10.3. The zero-order valence-corrected chi connectivity index (χ0v) is 10.3. The Hall–Kier alpha value is -2.25.